The van der Waals surface area contributed by atoms with Gasteiger partial charge in [-0.15, -0.1) is 0 Å². The first kappa shape index (κ1) is 11.2. The summed E-state index contributed by atoms with van der Waals surface area (Å²) < 4.78 is 0. The van der Waals surface area contributed by atoms with Crippen molar-refractivity contribution < 1.29 is 0 Å². The summed E-state index contributed by atoms with van der Waals surface area (Å²) in [5.74, 6) is 0.671. The Labute approximate surface area is 105 Å². The molecule has 4 nitrogen and oxygen atoms in total. The molecule has 1 aromatic carbocycles. The van der Waals surface area contributed by atoms with Gasteiger partial charge >= 0.3 is 0 Å². The molecule has 0 fully saturated rings. The maximum absolute atomic E-state index is 12.0. The smallest absolute Gasteiger partial charge is 0.255 e. The molecular formula is C14H15N3O. The topological polar surface area (TPSA) is 57.8 Å². The fraction of sp³-hybridized carbons (Fsp3) is 0.286. The van der Waals surface area contributed by atoms with Gasteiger partial charge in [-0.2, -0.15) is 0 Å². The van der Waals surface area contributed by atoms with Crippen LogP contribution in [0.15, 0.2) is 29.1 Å². The van der Waals surface area contributed by atoms with Crippen LogP contribution in [0, 0.1) is 6.92 Å². The molecule has 0 unspecified atom stereocenters. The molecular weight excluding hydrogens is 226 g/mol. The lowest BCUT2D eigenvalue weighted by molar-refractivity contribution is 0.621. The predicted molar refractivity (Wildman–Crippen MR) is 70.4 cm³/mol. The Hall–Kier alpha value is -1.94. The highest BCUT2D eigenvalue weighted by Crippen LogP contribution is 2.17. The van der Waals surface area contributed by atoms with Crippen molar-refractivity contribution in [3.05, 3.63) is 51.4 Å². The molecule has 18 heavy (non-hydrogen) atoms. The molecule has 3 rings (SSSR count). The van der Waals surface area contributed by atoms with Crippen molar-refractivity contribution in [2.75, 3.05) is 6.54 Å². The quantitative estimate of drug-likeness (QED) is 0.793. The van der Waals surface area contributed by atoms with Crippen LogP contribution in [0.2, 0.25) is 0 Å². The van der Waals surface area contributed by atoms with E-state index in [1.807, 2.05) is 31.2 Å². The van der Waals surface area contributed by atoms with Crippen LogP contribution < -0.4 is 10.9 Å². The molecule has 0 saturated carbocycles. The first-order chi connectivity index (χ1) is 8.74. The second-order valence-electron chi connectivity index (χ2n) is 4.64. The van der Waals surface area contributed by atoms with E-state index < -0.39 is 0 Å². The minimum Gasteiger partial charge on any atom is -0.312 e. The maximum Gasteiger partial charge on any atom is 0.255 e. The molecule has 2 heterocycles. The van der Waals surface area contributed by atoms with Crippen LogP contribution in [0.3, 0.4) is 0 Å². The van der Waals surface area contributed by atoms with E-state index in [0.717, 1.165) is 35.3 Å². The number of H-pyrrole nitrogens is 1. The number of hydrogen-bond acceptors (Lipinski definition) is 3. The maximum atomic E-state index is 12.0. The minimum absolute atomic E-state index is 0.0243. The van der Waals surface area contributed by atoms with Gasteiger partial charge in [0.2, 0.25) is 0 Å². The first-order valence-electron chi connectivity index (χ1n) is 6.14. The van der Waals surface area contributed by atoms with E-state index in [1.165, 1.54) is 0 Å². The molecule has 0 saturated heterocycles. The third kappa shape index (κ3) is 1.95. The zero-order valence-electron chi connectivity index (χ0n) is 10.3. The van der Waals surface area contributed by atoms with Crippen LogP contribution in [0.5, 0.6) is 0 Å². The number of hydrogen-bond donors (Lipinski definition) is 2. The lowest BCUT2D eigenvalue weighted by Crippen LogP contribution is -2.31. The van der Waals surface area contributed by atoms with E-state index in [1.54, 1.807) is 0 Å². The standard InChI is InChI=1S/C14H15N3O/c1-9-3-2-4-10(7-9)13-16-12-5-6-15-8-11(12)14(18)17-13/h2-4,7,15H,5-6,8H2,1H3,(H,16,17,18). The molecule has 0 spiro atoms. The van der Waals surface area contributed by atoms with Gasteiger partial charge in [-0.25, -0.2) is 4.98 Å². The molecule has 0 aliphatic carbocycles. The molecule has 92 valence electrons. The SMILES string of the molecule is Cc1cccc(-c2nc3c(c(=O)[nH]2)CNCC3)c1. The molecule has 1 aromatic heterocycles. The molecule has 4 heteroatoms. The van der Waals surface area contributed by atoms with Gasteiger partial charge in [-0.05, 0) is 13.0 Å². The Kier molecular flexibility index (Phi) is 2.72. The van der Waals surface area contributed by atoms with Gasteiger partial charge in [-0.3, -0.25) is 4.79 Å². The summed E-state index contributed by atoms with van der Waals surface area (Å²) in [6.07, 6.45) is 0.818. The fourth-order valence-corrected chi connectivity index (χ4v) is 2.28. The highest BCUT2D eigenvalue weighted by Gasteiger charge is 2.15. The Bertz CT molecular complexity index is 646. The van der Waals surface area contributed by atoms with Gasteiger partial charge in [0.25, 0.3) is 5.56 Å². The number of aromatic nitrogens is 2. The summed E-state index contributed by atoms with van der Waals surface area (Å²) in [5, 5.41) is 3.19. The summed E-state index contributed by atoms with van der Waals surface area (Å²) in [5.41, 5.74) is 3.80. The van der Waals surface area contributed by atoms with Crippen LogP contribution in [0.1, 0.15) is 16.8 Å². The second-order valence-corrected chi connectivity index (χ2v) is 4.64. The third-order valence-electron chi connectivity index (χ3n) is 3.23. The summed E-state index contributed by atoms with van der Waals surface area (Å²) in [7, 11) is 0. The normalized spacial score (nSPS) is 14.3. The molecule has 0 bridgehead atoms. The van der Waals surface area contributed by atoms with Gasteiger partial charge in [0, 0.05) is 25.1 Å². The number of nitrogens with one attached hydrogen (secondary N) is 2. The third-order valence-corrected chi connectivity index (χ3v) is 3.23. The van der Waals surface area contributed by atoms with E-state index in [-0.39, 0.29) is 5.56 Å². The van der Waals surface area contributed by atoms with E-state index in [2.05, 4.69) is 15.3 Å². The van der Waals surface area contributed by atoms with Crippen LogP contribution in [-0.2, 0) is 13.0 Å². The Balaban J connectivity index is 2.14. The van der Waals surface area contributed by atoms with Crippen molar-refractivity contribution in [3.63, 3.8) is 0 Å². The second kappa shape index (κ2) is 4.38. The van der Waals surface area contributed by atoms with Crippen molar-refractivity contribution in [1.82, 2.24) is 15.3 Å². The van der Waals surface area contributed by atoms with E-state index in [9.17, 15) is 4.79 Å². The van der Waals surface area contributed by atoms with Crippen LogP contribution in [0.4, 0.5) is 0 Å². The molecule has 0 radical (unpaired) electrons. The first-order valence-corrected chi connectivity index (χ1v) is 6.14. The van der Waals surface area contributed by atoms with Crippen molar-refractivity contribution in [1.29, 1.82) is 0 Å². The van der Waals surface area contributed by atoms with Crippen LogP contribution >= 0.6 is 0 Å². The highest BCUT2D eigenvalue weighted by atomic mass is 16.1. The largest absolute Gasteiger partial charge is 0.312 e. The minimum atomic E-state index is -0.0243. The summed E-state index contributed by atoms with van der Waals surface area (Å²) in [4.78, 5) is 19.5. The van der Waals surface area contributed by atoms with Crippen molar-refractivity contribution in [2.24, 2.45) is 0 Å². The van der Waals surface area contributed by atoms with Gasteiger partial charge in [0.15, 0.2) is 0 Å². The van der Waals surface area contributed by atoms with E-state index >= 15 is 0 Å². The van der Waals surface area contributed by atoms with Crippen LogP contribution in [0.25, 0.3) is 11.4 Å². The lowest BCUT2D eigenvalue weighted by atomic mass is 10.1. The van der Waals surface area contributed by atoms with Crippen molar-refractivity contribution in [3.8, 4) is 11.4 Å². The zero-order chi connectivity index (χ0) is 12.5. The van der Waals surface area contributed by atoms with Crippen molar-refractivity contribution in [2.45, 2.75) is 19.9 Å². The Morgan fingerprint density at radius 1 is 1.33 bits per heavy atom. The van der Waals surface area contributed by atoms with Gasteiger partial charge < -0.3 is 10.3 Å². The molecule has 0 atom stereocenters. The molecule has 0 amide bonds. The number of aromatic amines is 1. The van der Waals surface area contributed by atoms with Gasteiger partial charge in [-0.1, -0.05) is 23.8 Å². The molecule has 1 aliphatic heterocycles. The summed E-state index contributed by atoms with van der Waals surface area (Å²) >= 11 is 0. The number of benzene rings is 1. The number of rotatable bonds is 1. The lowest BCUT2D eigenvalue weighted by Gasteiger charge is -2.16. The monoisotopic (exact) mass is 241 g/mol. The van der Waals surface area contributed by atoms with Crippen molar-refractivity contribution >= 4 is 0 Å². The zero-order valence-corrected chi connectivity index (χ0v) is 10.3. The highest BCUT2D eigenvalue weighted by molar-refractivity contribution is 5.56. The molecule has 1 aliphatic rings. The fourth-order valence-electron chi connectivity index (χ4n) is 2.28. The van der Waals surface area contributed by atoms with E-state index in [4.69, 9.17) is 0 Å². The van der Waals surface area contributed by atoms with Crippen LogP contribution in [-0.4, -0.2) is 16.5 Å². The number of fused-ring (bicyclic) bond motifs is 1. The summed E-state index contributed by atoms with van der Waals surface area (Å²) in [6, 6.07) is 8.01. The van der Waals surface area contributed by atoms with Gasteiger partial charge in [0.1, 0.15) is 5.82 Å². The average Bonchev–Trinajstić information content (AvgIpc) is 2.39. The molecule has 2 aromatic rings. The van der Waals surface area contributed by atoms with E-state index in [0.29, 0.717) is 12.4 Å². The number of nitrogens with zero attached hydrogens (tertiary/aromatic N) is 1. The Morgan fingerprint density at radius 2 is 2.22 bits per heavy atom. The Morgan fingerprint density at radius 3 is 3.06 bits per heavy atom. The number of aryl methyl sites for hydroxylation is 1. The predicted octanol–water partition coefficient (Wildman–Crippen LogP) is 1.39. The average molecular weight is 241 g/mol. The summed E-state index contributed by atoms with van der Waals surface area (Å²) in [6.45, 7) is 3.53. The van der Waals surface area contributed by atoms with Gasteiger partial charge in [0.05, 0.1) is 11.3 Å². The molecule has 2 N–H and O–H groups in total.